The third-order valence-electron chi connectivity index (χ3n) is 10.2. The highest BCUT2D eigenvalue weighted by Gasteiger charge is 1.98. The maximum Gasteiger partial charge on any atom is 0.119 e. The number of halogens is 1. The zero-order valence-corrected chi connectivity index (χ0v) is 37.4. The number of nitrogens with zero attached hydrogens (tertiary/aromatic N) is 2. The van der Waals surface area contributed by atoms with Crippen LogP contribution in [0.25, 0.3) is 0 Å². The lowest BCUT2D eigenvalue weighted by molar-refractivity contribution is 0.304. The van der Waals surface area contributed by atoms with E-state index in [-0.39, 0.29) is 5.75 Å². The summed E-state index contributed by atoms with van der Waals surface area (Å²) < 4.78 is 5.72. The van der Waals surface area contributed by atoms with Crippen LogP contribution in [-0.4, -0.2) is 17.0 Å². The van der Waals surface area contributed by atoms with Crippen molar-refractivity contribution >= 4 is 15.9 Å². The molecule has 0 bridgehead atoms. The summed E-state index contributed by atoms with van der Waals surface area (Å²) in [7, 11) is 0. The number of alkyl halides is 1. The molecule has 55 heavy (non-hydrogen) atoms. The first kappa shape index (κ1) is 52.5. The first-order chi connectivity index (χ1) is 27.1. The van der Waals surface area contributed by atoms with Gasteiger partial charge in [0.25, 0.3) is 0 Å². The van der Waals surface area contributed by atoms with Crippen molar-refractivity contribution in [3.63, 3.8) is 0 Å². The molecule has 5 heteroatoms. The van der Waals surface area contributed by atoms with E-state index >= 15 is 0 Å². The molecule has 0 radical (unpaired) electrons. The zero-order chi connectivity index (χ0) is 40.1. The van der Waals surface area contributed by atoms with Crippen LogP contribution >= 0.6 is 15.9 Å². The van der Waals surface area contributed by atoms with Gasteiger partial charge in [-0.1, -0.05) is 222 Å². The number of ether oxygens (including phenoxy) is 1. The van der Waals surface area contributed by atoms with Crippen molar-refractivity contribution in [2.24, 2.45) is 0 Å². The van der Waals surface area contributed by atoms with Gasteiger partial charge in [0.05, 0.1) is 29.9 Å². The van der Waals surface area contributed by atoms with Gasteiger partial charge >= 0.3 is 0 Å². The molecular formula is C50H83BrN2O2. The Bertz CT molecular complexity index is 1110. The van der Waals surface area contributed by atoms with E-state index in [1.807, 2.05) is 30.3 Å². The van der Waals surface area contributed by atoms with Crippen LogP contribution in [0.1, 0.15) is 230 Å². The highest BCUT2D eigenvalue weighted by molar-refractivity contribution is 9.09. The van der Waals surface area contributed by atoms with Crippen molar-refractivity contribution in [3.8, 4) is 23.6 Å². The molecule has 2 aromatic rings. The van der Waals surface area contributed by atoms with Gasteiger partial charge in [-0.3, -0.25) is 0 Å². The number of benzene rings is 2. The van der Waals surface area contributed by atoms with Crippen molar-refractivity contribution in [2.45, 2.75) is 219 Å². The minimum Gasteiger partial charge on any atom is -0.508 e. The molecule has 312 valence electrons. The van der Waals surface area contributed by atoms with Crippen molar-refractivity contribution in [1.82, 2.24) is 0 Å². The fourth-order valence-electron chi connectivity index (χ4n) is 6.64. The number of unbranched alkanes of at least 4 members (excludes halogenated alkanes) is 30. The minimum absolute atomic E-state index is 0.189. The van der Waals surface area contributed by atoms with Gasteiger partial charge in [-0.25, -0.2) is 0 Å². The molecule has 0 spiro atoms. The summed E-state index contributed by atoms with van der Waals surface area (Å²) in [6.45, 7) is 5.36. The zero-order valence-electron chi connectivity index (χ0n) is 35.8. The Kier molecular flexibility index (Phi) is 42.2. The van der Waals surface area contributed by atoms with Gasteiger partial charge in [-0.2, -0.15) is 10.5 Å². The molecule has 0 saturated carbocycles. The van der Waals surface area contributed by atoms with Crippen LogP contribution in [-0.2, 0) is 0 Å². The molecule has 0 unspecified atom stereocenters. The second kappa shape index (κ2) is 44.2. The lowest BCUT2D eigenvalue weighted by Gasteiger charge is -2.06. The van der Waals surface area contributed by atoms with E-state index in [4.69, 9.17) is 20.4 Å². The van der Waals surface area contributed by atoms with E-state index in [1.54, 1.807) is 12.1 Å². The molecule has 0 atom stereocenters. The van der Waals surface area contributed by atoms with Crippen molar-refractivity contribution in [2.75, 3.05) is 11.9 Å². The fourth-order valence-corrected chi connectivity index (χ4v) is 7.04. The lowest BCUT2D eigenvalue weighted by Crippen LogP contribution is -1.97. The first-order valence-electron chi connectivity index (χ1n) is 23.0. The summed E-state index contributed by atoms with van der Waals surface area (Å²) in [6.07, 6.45) is 45.5. The van der Waals surface area contributed by atoms with Crippen LogP contribution in [0.3, 0.4) is 0 Å². The van der Waals surface area contributed by atoms with Gasteiger partial charge in [0.15, 0.2) is 0 Å². The van der Waals surface area contributed by atoms with Crippen LogP contribution < -0.4 is 4.74 Å². The molecule has 0 aliphatic carbocycles. The Balaban J connectivity index is 0.000000896. The smallest absolute Gasteiger partial charge is 0.119 e. The average molecular weight is 824 g/mol. The van der Waals surface area contributed by atoms with Gasteiger partial charge in [0.1, 0.15) is 11.5 Å². The molecule has 0 heterocycles. The van der Waals surface area contributed by atoms with E-state index in [9.17, 15) is 0 Å². The molecule has 0 saturated heterocycles. The topological polar surface area (TPSA) is 77.0 Å². The highest BCUT2D eigenvalue weighted by atomic mass is 79.9. The number of hydrogen-bond acceptors (Lipinski definition) is 4. The van der Waals surface area contributed by atoms with Crippen LogP contribution in [0.2, 0.25) is 0 Å². The maximum absolute atomic E-state index is 8.77. The van der Waals surface area contributed by atoms with Crippen molar-refractivity contribution in [1.29, 1.82) is 10.5 Å². The first-order valence-corrected chi connectivity index (χ1v) is 24.1. The van der Waals surface area contributed by atoms with Gasteiger partial charge in [-0.05, 0) is 61.4 Å². The summed E-state index contributed by atoms with van der Waals surface area (Å²) in [4.78, 5) is 0. The molecular weight excluding hydrogens is 740 g/mol. The Morgan fingerprint density at radius 2 is 0.691 bits per heavy atom. The normalized spacial score (nSPS) is 10.4. The monoisotopic (exact) mass is 823 g/mol. The fraction of sp³-hybridized carbons (Fsp3) is 0.720. The molecule has 4 nitrogen and oxygen atoms in total. The standard InChI is InChI=1S/C25H41NO.C18H37Br.C7H5NO/c1-2-3-4-5-6-7-8-9-10-11-12-13-14-15-16-17-22-27-25-20-18-24(23-26)19-21-25;1-2-3-4-5-6-7-8-9-10-11-12-13-14-15-16-17-18-19;8-5-6-1-3-7(9)4-2-6/h18-21H,2-17,22H2,1H3;2-18H2,1H3;1-4,9H. The number of phenols is 1. The summed E-state index contributed by atoms with van der Waals surface area (Å²) in [6, 6.07) is 17.5. The Hall–Kier alpha value is -2.50. The predicted molar refractivity (Wildman–Crippen MR) is 242 cm³/mol. The number of phenolic OH excluding ortho intramolecular Hbond substituents is 1. The molecule has 0 aromatic heterocycles. The quantitative estimate of drug-likeness (QED) is 0.0563. The third-order valence-corrected chi connectivity index (χ3v) is 10.8. The van der Waals surface area contributed by atoms with Gasteiger partial charge in [0, 0.05) is 5.33 Å². The van der Waals surface area contributed by atoms with Gasteiger partial charge in [-0.15, -0.1) is 0 Å². The molecule has 0 fully saturated rings. The van der Waals surface area contributed by atoms with Gasteiger partial charge in [0.2, 0.25) is 0 Å². The number of hydrogen-bond donors (Lipinski definition) is 1. The number of rotatable bonds is 34. The predicted octanol–water partition coefficient (Wildman–Crippen LogP) is 17.1. The largest absolute Gasteiger partial charge is 0.508 e. The summed E-state index contributed by atoms with van der Waals surface area (Å²) in [5, 5.41) is 27.0. The Labute approximate surface area is 349 Å². The third kappa shape index (κ3) is 39.5. The molecule has 1 N–H and O–H groups in total. The lowest BCUT2D eigenvalue weighted by atomic mass is 10.0. The van der Waals surface area contributed by atoms with Crippen LogP contribution in [0.15, 0.2) is 48.5 Å². The second-order valence-corrected chi connectivity index (χ2v) is 16.2. The molecule has 0 amide bonds. The Morgan fingerprint density at radius 1 is 0.418 bits per heavy atom. The van der Waals surface area contributed by atoms with E-state index in [0.717, 1.165) is 18.8 Å². The summed E-state index contributed by atoms with van der Waals surface area (Å²) in [5.74, 6) is 1.06. The molecule has 0 aliphatic rings. The minimum atomic E-state index is 0.189. The van der Waals surface area contributed by atoms with E-state index in [0.29, 0.717) is 11.1 Å². The van der Waals surface area contributed by atoms with E-state index < -0.39 is 0 Å². The van der Waals surface area contributed by atoms with E-state index in [1.165, 1.54) is 217 Å². The molecule has 2 rings (SSSR count). The van der Waals surface area contributed by atoms with Crippen LogP contribution in [0.5, 0.6) is 11.5 Å². The van der Waals surface area contributed by atoms with Crippen molar-refractivity contribution < 1.29 is 9.84 Å². The van der Waals surface area contributed by atoms with Gasteiger partial charge < -0.3 is 9.84 Å². The summed E-state index contributed by atoms with van der Waals surface area (Å²) >= 11 is 3.49. The highest BCUT2D eigenvalue weighted by Crippen LogP contribution is 2.16. The number of nitriles is 2. The molecule has 2 aromatic carbocycles. The van der Waals surface area contributed by atoms with Crippen LogP contribution in [0, 0.1) is 22.7 Å². The second-order valence-electron chi connectivity index (χ2n) is 15.4. The number of aromatic hydroxyl groups is 1. The molecule has 0 aliphatic heterocycles. The SMILES string of the molecule is CCCCCCCCCCCCCCCCCCBr.CCCCCCCCCCCCCCCCCCOc1ccc(C#N)cc1.N#Cc1ccc(O)cc1. The Morgan fingerprint density at radius 3 is 0.982 bits per heavy atom. The average Bonchev–Trinajstić information content (AvgIpc) is 3.21. The maximum atomic E-state index is 8.77. The summed E-state index contributed by atoms with van der Waals surface area (Å²) in [5.41, 5.74) is 1.25. The van der Waals surface area contributed by atoms with Crippen LogP contribution in [0.4, 0.5) is 0 Å². The van der Waals surface area contributed by atoms with Crippen molar-refractivity contribution in [3.05, 3.63) is 59.7 Å². The van der Waals surface area contributed by atoms with E-state index in [2.05, 4.69) is 35.8 Å².